The first-order chi connectivity index (χ1) is 11.0. The fraction of sp³-hybridized carbons (Fsp3) is 0.389. The summed E-state index contributed by atoms with van der Waals surface area (Å²) in [4.78, 5) is 23.8. The van der Waals surface area contributed by atoms with Crippen LogP contribution in [0.5, 0.6) is 0 Å². The zero-order valence-corrected chi connectivity index (χ0v) is 13.9. The minimum atomic E-state index is -0.103. The van der Waals surface area contributed by atoms with Crippen LogP contribution in [0.15, 0.2) is 41.7 Å². The molecule has 2 aromatic heterocycles. The van der Waals surface area contributed by atoms with Gasteiger partial charge in [-0.15, -0.1) is 0 Å². The Morgan fingerprint density at radius 2 is 1.96 bits per heavy atom. The largest absolute Gasteiger partial charge is 0.330 e. The monoisotopic (exact) mass is 310 g/mol. The lowest BCUT2D eigenvalue weighted by Gasteiger charge is -2.23. The molecule has 23 heavy (non-hydrogen) atoms. The van der Waals surface area contributed by atoms with E-state index in [0.717, 1.165) is 16.6 Å². The molecule has 0 saturated heterocycles. The summed E-state index contributed by atoms with van der Waals surface area (Å²) in [6.07, 6.45) is 5.59. The molecule has 0 aliphatic heterocycles. The highest BCUT2D eigenvalue weighted by Crippen LogP contribution is 2.28. The Bertz CT molecular complexity index is 862. The van der Waals surface area contributed by atoms with Crippen molar-refractivity contribution in [1.29, 1.82) is 0 Å². The van der Waals surface area contributed by atoms with Crippen molar-refractivity contribution < 1.29 is 0 Å². The fourth-order valence-electron chi connectivity index (χ4n) is 3.03. The van der Waals surface area contributed by atoms with E-state index in [1.807, 2.05) is 38.5 Å². The van der Waals surface area contributed by atoms with Crippen molar-refractivity contribution in [3.8, 4) is 0 Å². The summed E-state index contributed by atoms with van der Waals surface area (Å²) in [7, 11) is 0. The van der Waals surface area contributed by atoms with Gasteiger partial charge in [-0.1, -0.05) is 33.8 Å². The topological polar surface area (TPSA) is 63.6 Å². The highest BCUT2D eigenvalue weighted by Gasteiger charge is 2.18. The van der Waals surface area contributed by atoms with Gasteiger partial charge in [-0.25, -0.2) is 9.97 Å². The van der Waals surface area contributed by atoms with E-state index in [1.165, 1.54) is 0 Å². The van der Waals surface area contributed by atoms with Gasteiger partial charge in [-0.2, -0.15) is 0 Å². The minimum absolute atomic E-state index is 0.103. The predicted molar refractivity (Wildman–Crippen MR) is 91.7 cm³/mol. The molecule has 0 aliphatic rings. The van der Waals surface area contributed by atoms with E-state index in [-0.39, 0.29) is 17.5 Å². The summed E-state index contributed by atoms with van der Waals surface area (Å²) in [6.45, 7) is 8.31. The fourth-order valence-corrected chi connectivity index (χ4v) is 3.03. The number of imidazole rings is 1. The van der Waals surface area contributed by atoms with Crippen molar-refractivity contribution in [2.75, 3.05) is 0 Å². The SMILES string of the molecule is CC(C)c1nc2ccc(C(C(C)C)n3ccnc3)cc2[nH]c1=O. The Morgan fingerprint density at radius 3 is 2.57 bits per heavy atom. The number of rotatable bonds is 4. The lowest BCUT2D eigenvalue weighted by molar-refractivity contribution is 0.437. The van der Waals surface area contributed by atoms with Crippen LogP contribution in [0.4, 0.5) is 0 Å². The molecule has 1 unspecified atom stereocenters. The number of aromatic nitrogens is 4. The van der Waals surface area contributed by atoms with Crippen molar-refractivity contribution in [3.05, 3.63) is 58.5 Å². The Balaban J connectivity index is 2.12. The number of aromatic amines is 1. The molecule has 3 aromatic rings. The van der Waals surface area contributed by atoms with Gasteiger partial charge in [0.05, 0.1) is 23.4 Å². The highest BCUT2D eigenvalue weighted by molar-refractivity contribution is 5.75. The molecule has 0 saturated carbocycles. The lowest BCUT2D eigenvalue weighted by atomic mass is 9.95. The van der Waals surface area contributed by atoms with Gasteiger partial charge in [0.1, 0.15) is 5.69 Å². The first-order valence-electron chi connectivity index (χ1n) is 7.98. The third-order valence-corrected chi connectivity index (χ3v) is 4.11. The molecular formula is C18H22N4O. The van der Waals surface area contributed by atoms with E-state index >= 15 is 0 Å². The molecule has 0 aliphatic carbocycles. The Morgan fingerprint density at radius 1 is 1.17 bits per heavy atom. The number of nitrogens with one attached hydrogen (secondary N) is 1. The smallest absolute Gasteiger partial charge is 0.270 e. The van der Waals surface area contributed by atoms with Crippen LogP contribution < -0.4 is 5.56 Å². The van der Waals surface area contributed by atoms with E-state index < -0.39 is 0 Å². The van der Waals surface area contributed by atoms with Crippen LogP contribution in [0.1, 0.15) is 50.9 Å². The second kappa shape index (κ2) is 5.99. The van der Waals surface area contributed by atoms with Gasteiger partial charge in [-0.05, 0) is 23.6 Å². The summed E-state index contributed by atoms with van der Waals surface area (Å²) in [5.41, 5.74) is 3.22. The van der Waals surface area contributed by atoms with Crippen molar-refractivity contribution in [2.24, 2.45) is 5.92 Å². The predicted octanol–water partition coefficient (Wildman–Crippen LogP) is 3.49. The number of hydrogen-bond acceptors (Lipinski definition) is 3. The summed E-state index contributed by atoms with van der Waals surface area (Å²) < 4.78 is 2.10. The summed E-state index contributed by atoms with van der Waals surface area (Å²) in [6, 6.07) is 6.27. The van der Waals surface area contributed by atoms with Gasteiger partial charge in [0, 0.05) is 18.3 Å². The van der Waals surface area contributed by atoms with Gasteiger partial charge in [0.25, 0.3) is 5.56 Å². The van der Waals surface area contributed by atoms with Crippen molar-refractivity contribution in [3.63, 3.8) is 0 Å². The zero-order valence-electron chi connectivity index (χ0n) is 13.9. The minimum Gasteiger partial charge on any atom is -0.330 e. The third kappa shape index (κ3) is 2.91. The lowest BCUT2D eigenvalue weighted by Crippen LogP contribution is -2.18. The van der Waals surface area contributed by atoms with Crippen molar-refractivity contribution in [1.82, 2.24) is 19.5 Å². The molecule has 1 N–H and O–H groups in total. The first-order valence-corrected chi connectivity index (χ1v) is 7.98. The van der Waals surface area contributed by atoms with Crippen molar-refractivity contribution in [2.45, 2.75) is 39.7 Å². The number of benzene rings is 1. The number of H-pyrrole nitrogens is 1. The average molecular weight is 310 g/mol. The average Bonchev–Trinajstić information content (AvgIpc) is 2.99. The van der Waals surface area contributed by atoms with Gasteiger partial charge in [0.2, 0.25) is 0 Å². The molecule has 1 atom stereocenters. The van der Waals surface area contributed by atoms with Gasteiger partial charge in [-0.3, -0.25) is 4.79 Å². The highest BCUT2D eigenvalue weighted by atomic mass is 16.1. The third-order valence-electron chi connectivity index (χ3n) is 4.11. The molecule has 0 radical (unpaired) electrons. The van der Waals surface area contributed by atoms with E-state index in [0.29, 0.717) is 11.6 Å². The quantitative estimate of drug-likeness (QED) is 0.802. The standard InChI is InChI=1S/C18H22N4O/c1-11(2)16-18(23)21-15-9-13(5-6-14(15)20-16)17(12(3)4)22-8-7-19-10-22/h5-12,17H,1-4H3,(H,21,23). The van der Waals surface area contributed by atoms with Crippen LogP contribution >= 0.6 is 0 Å². The molecule has 1 aromatic carbocycles. The van der Waals surface area contributed by atoms with E-state index in [4.69, 9.17) is 0 Å². The summed E-state index contributed by atoms with van der Waals surface area (Å²) in [5, 5.41) is 0. The summed E-state index contributed by atoms with van der Waals surface area (Å²) >= 11 is 0. The normalized spacial score (nSPS) is 13.1. The molecule has 0 bridgehead atoms. The molecule has 5 heteroatoms. The Hall–Kier alpha value is -2.43. The molecule has 3 rings (SSSR count). The van der Waals surface area contributed by atoms with Gasteiger partial charge >= 0.3 is 0 Å². The van der Waals surface area contributed by atoms with Crippen LogP contribution in [0.2, 0.25) is 0 Å². The Labute approximate surface area is 135 Å². The maximum atomic E-state index is 12.2. The van der Waals surface area contributed by atoms with Crippen molar-refractivity contribution >= 4 is 11.0 Å². The van der Waals surface area contributed by atoms with Crippen LogP contribution in [-0.4, -0.2) is 19.5 Å². The molecular weight excluding hydrogens is 288 g/mol. The first kappa shape index (κ1) is 15.5. The van der Waals surface area contributed by atoms with Gasteiger partial charge in [0.15, 0.2) is 0 Å². The summed E-state index contributed by atoms with van der Waals surface area (Å²) in [5.74, 6) is 0.508. The molecule has 0 fully saturated rings. The molecule has 5 nitrogen and oxygen atoms in total. The van der Waals surface area contributed by atoms with Crippen LogP contribution in [0.3, 0.4) is 0 Å². The van der Waals surface area contributed by atoms with Crippen LogP contribution in [-0.2, 0) is 0 Å². The van der Waals surface area contributed by atoms with E-state index in [1.54, 1.807) is 6.20 Å². The molecule has 0 amide bonds. The number of nitrogens with zero attached hydrogens (tertiary/aromatic N) is 3. The molecule has 120 valence electrons. The zero-order chi connectivity index (χ0) is 16.6. The second-order valence-electron chi connectivity index (χ2n) is 6.58. The molecule has 2 heterocycles. The maximum Gasteiger partial charge on any atom is 0.270 e. The molecule has 0 spiro atoms. The van der Waals surface area contributed by atoms with Gasteiger partial charge < -0.3 is 9.55 Å². The van der Waals surface area contributed by atoms with Crippen LogP contribution in [0.25, 0.3) is 11.0 Å². The van der Waals surface area contributed by atoms with E-state index in [9.17, 15) is 4.79 Å². The number of hydrogen-bond donors (Lipinski definition) is 1. The number of fused-ring (bicyclic) bond motifs is 1. The maximum absolute atomic E-state index is 12.2. The van der Waals surface area contributed by atoms with Crippen LogP contribution in [0, 0.1) is 5.92 Å². The van der Waals surface area contributed by atoms with E-state index in [2.05, 4.69) is 39.4 Å². The second-order valence-corrected chi connectivity index (χ2v) is 6.58. The Kier molecular flexibility index (Phi) is 4.03.